The Morgan fingerprint density at radius 1 is 1.39 bits per heavy atom. The highest BCUT2D eigenvalue weighted by Gasteiger charge is 2.35. The molecule has 0 bridgehead atoms. The first-order valence-electron chi connectivity index (χ1n) is 8.17. The Morgan fingerprint density at radius 2 is 2.22 bits per heavy atom. The maximum Gasteiger partial charge on any atom is 0.223 e. The van der Waals surface area contributed by atoms with E-state index in [0.717, 1.165) is 54.5 Å². The number of anilines is 1. The molecule has 2 aliphatic heterocycles. The number of aliphatic imine (C=N–C) groups is 1. The molecule has 1 unspecified atom stereocenters. The van der Waals surface area contributed by atoms with Crippen molar-refractivity contribution in [3.05, 3.63) is 16.2 Å². The van der Waals surface area contributed by atoms with Crippen LogP contribution in [0.1, 0.15) is 37.3 Å². The van der Waals surface area contributed by atoms with E-state index >= 15 is 0 Å². The van der Waals surface area contributed by atoms with Crippen molar-refractivity contribution in [1.82, 2.24) is 10.3 Å². The largest absolute Gasteiger partial charge is 0.369 e. The van der Waals surface area contributed by atoms with Crippen LogP contribution in [0.25, 0.3) is 0 Å². The standard InChI is InChI=1S/C16H20BrN5O/c17-11-6-19-15-13(14(11)22-5-1-2-10(18)8-22)12(7-20-15)21-16(23)9-3-4-9/h6-7,9-10,12H,1-5,8,18H2,(H,21,23)/t10-,12?/m1/s1. The fraction of sp³-hybridized carbons (Fsp3) is 0.562. The number of aromatic nitrogens is 1. The number of hydrogen-bond donors (Lipinski definition) is 2. The van der Waals surface area contributed by atoms with E-state index < -0.39 is 0 Å². The number of fused-ring (bicyclic) bond motifs is 1. The maximum absolute atomic E-state index is 12.2. The third-order valence-corrected chi connectivity index (χ3v) is 5.28. The highest BCUT2D eigenvalue weighted by Crippen LogP contribution is 2.42. The quantitative estimate of drug-likeness (QED) is 0.844. The number of rotatable bonds is 3. The van der Waals surface area contributed by atoms with Crippen molar-refractivity contribution in [1.29, 1.82) is 0 Å². The maximum atomic E-state index is 12.2. The van der Waals surface area contributed by atoms with Gasteiger partial charge < -0.3 is 16.0 Å². The lowest BCUT2D eigenvalue weighted by atomic mass is 10.0. The van der Waals surface area contributed by atoms with Crippen molar-refractivity contribution >= 4 is 39.6 Å². The molecule has 3 aliphatic rings. The zero-order valence-electron chi connectivity index (χ0n) is 12.8. The number of nitrogens with two attached hydrogens (primary N) is 1. The summed E-state index contributed by atoms with van der Waals surface area (Å²) < 4.78 is 0.932. The molecular formula is C16H20BrN5O. The van der Waals surface area contributed by atoms with E-state index in [1.807, 2.05) is 0 Å². The van der Waals surface area contributed by atoms with Gasteiger partial charge in [0.2, 0.25) is 5.91 Å². The molecule has 1 amide bonds. The van der Waals surface area contributed by atoms with Crippen LogP contribution in [0.15, 0.2) is 15.7 Å². The second-order valence-corrected chi connectivity index (χ2v) is 7.43. The lowest BCUT2D eigenvalue weighted by molar-refractivity contribution is -0.122. The van der Waals surface area contributed by atoms with Crippen molar-refractivity contribution in [3.8, 4) is 0 Å². The Labute approximate surface area is 143 Å². The van der Waals surface area contributed by atoms with E-state index in [1.54, 1.807) is 12.4 Å². The van der Waals surface area contributed by atoms with Crippen LogP contribution in [0, 0.1) is 5.92 Å². The van der Waals surface area contributed by atoms with Crippen molar-refractivity contribution in [3.63, 3.8) is 0 Å². The number of nitrogens with zero attached hydrogens (tertiary/aromatic N) is 3. The summed E-state index contributed by atoms with van der Waals surface area (Å²) in [4.78, 5) is 23.2. The summed E-state index contributed by atoms with van der Waals surface area (Å²) in [5, 5.41) is 3.11. The summed E-state index contributed by atoms with van der Waals surface area (Å²) in [5.74, 6) is 0.999. The smallest absolute Gasteiger partial charge is 0.223 e. The minimum atomic E-state index is -0.198. The molecule has 3 heterocycles. The van der Waals surface area contributed by atoms with E-state index in [2.05, 4.69) is 36.1 Å². The summed E-state index contributed by atoms with van der Waals surface area (Å²) >= 11 is 3.63. The first kappa shape index (κ1) is 15.1. The SMILES string of the molecule is N[C@@H]1CCCN(c2c(Br)cnc3c2C(NC(=O)C2CC2)C=N3)C1. The van der Waals surface area contributed by atoms with Crippen LogP contribution in [-0.4, -0.2) is 36.2 Å². The highest BCUT2D eigenvalue weighted by atomic mass is 79.9. The first-order chi connectivity index (χ1) is 11.1. The van der Waals surface area contributed by atoms with Gasteiger partial charge in [0.05, 0.1) is 16.2 Å². The second kappa shape index (κ2) is 5.87. The molecule has 1 saturated heterocycles. The zero-order valence-corrected chi connectivity index (χ0v) is 14.4. The molecule has 1 aromatic heterocycles. The summed E-state index contributed by atoms with van der Waals surface area (Å²) in [5.41, 5.74) is 8.21. The van der Waals surface area contributed by atoms with Crippen LogP contribution in [0.2, 0.25) is 0 Å². The van der Waals surface area contributed by atoms with Crippen LogP contribution >= 0.6 is 15.9 Å². The third-order valence-electron chi connectivity index (χ3n) is 4.70. The lowest BCUT2D eigenvalue weighted by Crippen LogP contribution is -2.43. The van der Waals surface area contributed by atoms with Gasteiger partial charge in [-0.2, -0.15) is 0 Å². The van der Waals surface area contributed by atoms with Crippen molar-refractivity contribution in [2.24, 2.45) is 16.6 Å². The van der Waals surface area contributed by atoms with Crippen molar-refractivity contribution in [2.45, 2.75) is 37.8 Å². The minimum absolute atomic E-state index is 0.121. The second-order valence-electron chi connectivity index (χ2n) is 6.58. The summed E-state index contributed by atoms with van der Waals surface area (Å²) in [6.45, 7) is 1.78. The van der Waals surface area contributed by atoms with Crippen LogP contribution in [-0.2, 0) is 4.79 Å². The highest BCUT2D eigenvalue weighted by molar-refractivity contribution is 9.10. The normalized spacial score (nSPS) is 26.3. The molecule has 6 nitrogen and oxygen atoms in total. The van der Waals surface area contributed by atoms with Gasteiger partial charge in [-0.3, -0.25) is 4.79 Å². The van der Waals surface area contributed by atoms with Gasteiger partial charge >= 0.3 is 0 Å². The Morgan fingerprint density at radius 3 is 2.96 bits per heavy atom. The monoisotopic (exact) mass is 377 g/mol. The predicted octanol–water partition coefficient (Wildman–Crippen LogP) is 2.05. The zero-order chi connectivity index (χ0) is 16.0. The number of nitrogens with one attached hydrogen (secondary N) is 1. The Balaban J connectivity index is 1.67. The van der Waals surface area contributed by atoms with Gasteiger partial charge in [-0.05, 0) is 41.6 Å². The molecule has 2 fully saturated rings. The fourth-order valence-corrected chi connectivity index (χ4v) is 3.92. The lowest BCUT2D eigenvalue weighted by Gasteiger charge is -2.35. The first-order valence-corrected chi connectivity index (χ1v) is 8.96. The average Bonchev–Trinajstić information content (AvgIpc) is 3.31. The number of amides is 1. The minimum Gasteiger partial charge on any atom is -0.369 e. The molecule has 1 saturated carbocycles. The van der Waals surface area contributed by atoms with Crippen LogP contribution < -0.4 is 16.0 Å². The number of piperidine rings is 1. The van der Waals surface area contributed by atoms with E-state index in [4.69, 9.17) is 5.73 Å². The van der Waals surface area contributed by atoms with E-state index in [1.165, 1.54) is 0 Å². The molecule has 0 radical (unpaired) electrons. The van der Waals surface area contributed by atoms with Crippen LogP contribution in [0.4, 0.5) is 11.5 Å². The van der Waals surface area contributed by atoms with E-state index in [0.29, 0.717) is 5.82 Å². The number of carbonyl (C=O) groups excluding carboxylic acids is 1. The van der Waals surface area contributed by atoms with Gasteiger partial charge in [0.1, 0.15) is 0 Å². The Hall–Kier alpha value is -1.47. The molecule has 1 aliphatic carbocycles. The number of carbonyl (C=O) groups is 1. The van der Waals surface area contributed by atoms with Gasteiger partial charge in [-0.1, -0.05) is 0 Å². The van der Waals surface area contributed by atoms with Crippen molar-refractivity contribution < 1.29 is 4.79 Å². The molecule has 2 atom stereocenters. The molecular weight excluding hydrogens is 358 g/mol. The summed E-state index contributed by atoms with van der Waals surface area (Å²) in [6, 6.07) is -0.0162. The number of hydrogen-bond acceptors (Lipinski definition) is 5. The number of halogens is 1. The molecule has 4 rings (SSSR count). The van der Waals surface area contributed by atoms with Gasteiger partial charge in [0, 0.05) is 43.0 Å². The number of pyridine rings is 1. The topological polar surface area (TPSA) is 83.6 Å². The molecule has 0 aromatic carbocycles. The van der Waals surface area contributed by atoms with Crippen LogP contribution in [0.3, 0.4) is 0 Å². The molecule has 23 heavy (non-hydrogen) atoms. The summed E-state index contributed by atoms with van der Waals surface area (Å²) in [7, 11) is 0. The van der Waals surface area contributed by atoms with Crippen LogP contribution in [0.5, 0.6) is 0 Å². The Bertz CT molecular complexity index is 673. The predicted molar refractivity (Wildman–Crippen MR) is 93.1 cm³/mol. The van der Waals surface area contributed by atoms with E-state index in [9.17, 15) is 4.79 Å². The van der Waals surface area contributed by atoms with Crippen molar-refractivity contribution in [2.75, 3.05) is 18.0 Å². The van der Waals surface area contributed by atoms with Gasteiger partial charge in [0.15, 0.2) is 5.82 Å². The average molecular weight is 378 g/mol. The van der Waals surface area contributed by atoms with Gasteiger partial charge in [-0.25, -0.2) is 9.98 Å². The third kappa shape index (κ3) is 2.87. The molecule has 1 aromatic rings. The molecule has 122 valence electrons. The molecule has 7 heteroatoms. The summed E-state index contributed by atoms with van der Waals surface area (Å²) in [6.07, 6.45) is 7.69. The van der Waals surface area contributed by atoms with Gasteiger partial charge in [-0.15, -0.1) is 0 Å². The van der Waals surface area contributed by atoms with E-state index in [-0.39, 0.29) is 23.9 Å². The fourth-order valence-electron chi connectivity index (χ4n) is 3.35. The van der Waals surface area contributed by atoms with Gasteiger partial charge in [0.25, 0.3) is 0 Å². The Kier molecular flexibility index (Phi) is 3.85. The molecule has 0 spiro atoms. The molecule has 3 N–H and O–H groups in total.